The Balaban J connectivity index is 1.67. The summed E-state index contributed by atoms with van der Waals surface area (Å²) < 4.78 is 13.1. The van der Waals surface area contributed by atoms with Crippen LogP contribution in [0.25, 0.3) is 0 Å². The third kappa shape index (κ3) is 2.63. The molecule has 5 nitrogen and oxygen atoms in total. The molecule has 2 heterocycles. The van der Waals surface area contributed by atoms with Crippen LogP contribution in [0.2, 0.25) is 0 Å². The van der Waals surface area contributed by atoms with Gasteiger partial charge in [-0.3, -0.25) is 0 Å². The Bertz CT molecular complexity index is 595. The average Bonchev–Trinajstić information content (AvgIpc) is 2.89. The largest absolute Gasteiger partial charge is 0.486 e. The van der Waals surface area contributed by atoms with Crippen molar-refractivity contribution in [2.75, 3.05) is 13.2 Å². The number of benzene rings is 1. The number of nitrogens with zero attached hydrogens (tertiary/aromatic N) is 2. The number of aromatic nitrogens is 2. The van der Waals surface area contributed by atoms with Crippen LogP contribution in [0.1, 0.15) is 23.9 Å². The molecular formula is C15H19N3O2. The van der Waals surface area contributed by atoms with Gasteiger partial charge >= 0.3 is 0 Å². The minimum absolute atomic E-state index is 0.0254. The van der Waals surface area contributed by atoms with Crippen molar-refractivity contribution in [3.8, 4) is 11.5 Å². The van der Waals surface area contributed by atoms with E-state index >= 15 is 0 Å². The minimum atomic E-state index is -0.0254. The van der Waals surface area contributed by atoms with Gasteiger partial charge in [-0.25, -0.2) is 4.98 Å². The van der Waals surface area contributed by atoms with Crippen LogP contribution in [0, 0.1) is 0 Å². The number of nitrogens with two attached hydrogens (primary N) is 1. The van der Waals surface area contributed by atoms with E-state index in [1.807, 2.05) is 42.2 Å². The lowest BCUT2D eigenvalue weighted by Gasteiger charge is -2.20. The number of aryl methyl sites for hydroxylation is 2. The van der Waals surface area contributed by atoms with Crippen molar-refractivity contribution in [3.05, 3.63) is 42.0 Å². The van der Waals surface area contributed by atoms with Gasteiger partial charge in [0.05, 0.1) is 0 Å². The van der Waals surface area contributed by atoms with Gasteiger partial charge in [0, 0.05) is 31.9 Å². The summed E-state index contributed by atoms with van der Waals surface area (Å²) in [6.45, 7) is 1.20. The summed E-state index contributed by atoms with van der Waals surface area (Å²) in [6, 6.07) is 5.90. The Labute approximate surface area is 118 Å². The van der Waals surface area contributed by atoms with Gasteiger partial charge in [0.2, 0.25) is 0 Å². The lowest BCUT2D eigenvalue weighted by atomic mass is 10.0. The summed E-state index contributed by atoms with van der Waals surface area (Å²) in [6.07, 6.45) is 5.47. The first-order valence-electron chi connectivity index (χ1n) is 6.85. The van der Waals surface area contributed by atoms with Gasteiger partial charge < -0.3 is 19.8 Å². The highest BCUT2D eigenvalue weighted by molar-refractivity contribution is 5.44. The van der Waals surface area contributed by atoms with E-state index in [9.17, 15) is 0 Å². The molecule has 0 amide bonds. The molecule has 0 bridgehead atoms. The summed E-state index contributed by atoms with van der Waals surface area (Å²) in [5, 5.41) is 0. The third-order valence-electron chi connectivity index (χ3n) is 3.59. The molecule has 2 aromatic rings. The Morgan fingerprint density at radius 1 is 1.30 bits per heavy atom. The van der Waals surface area contributed by atoms with Gasteiger partial charge in [0.25, 0.3) is 0 Å². The van der Waals surface area contributed by atoms with Crippen molar-refractivity contribution in [1.29, 1.82) is 0 Å². The molecule has 1 aliphatic rings. The molecule has 1 unspecified atom stereocenters. The summed E-state index contributed by atoms with van der Waals surface area (Å²) in [5.74, 6) is 2.65. The zero-order valence-corrected chi connectivity index (χ0v) is 11.6. The quantitative estimate of drug-likeness (QED) is 0.923. The predicted molar refractivity (Wildman–Crippen MR) is 75.9 cm³/mol. The first-order valence-corrected chi connectivity index (χ1v) is 6.85. The second-order valence-corrected chi connectivity index (χ2v) is 5.00. The van der Waals surface area contributed by atoms with E-state index in [4.69, 9.17) is 15.2 Å². The Hall–Kier alpha value is -2.01. The minimum Gasteiger partial charge on any atom is -0.486 e. The molecule has 1 aromatic carbocycles. The van der Waals surface area contributed by atoms with Crippen LogP contribution in [0.3, 0.4) is 0 Å². The van der Waals surface area contributed by atoms with E-state index < -0.39 is 0 Å². The molecule has 0 radical (unpaired) electrons. The standard InChI is InChI=1S/C15H19N3O2/c1-18-7-6-17-15(18)5-3-12(16)11-2-4-13-14(10-11)20-9-8-19-13/h2,4,6-7,10,12H,3,5,8-9,16H2,1H3. The number of imidazole rings is 1. The lowest BCUT2D eigenvalue weighted by molar-refractivity contribution is 0.171. The predicted octanol–water partition coefficient (Wildman–Crippen LogP) is 1.82. The summed E-state index contributed by atoms with van der Waals surface area (Å²) in [5.41, 5.74) is 7.33. The number of hydrogen-bond acceptors (Lipinski definition) is 4. The van der Waals surface area contributed by atoms with Crippen molar-refractivity contribution in [2.45, 2.75) is 18.9 Å². The molecule has 1 aliphatic heterocycles. The maximum Gasteiger partial charge on any atom is 0.161 e. The lowest BCUT2D eigenvalue weighted by Crippen LogP contribution is -2.17. The fourth-order valence-corrected chi connectivity index (χ4v) is 2.38. The highest BCUT2D eigenvalue weighted by Gasteiger charge is 2.15. The van der Waals surface area contributed by atoms with Gasteiger partial charge in [-0.1, -0.05) is 6.07 Å². The normalized spacial score (nSPS) is 15.1. The van der Waals surface area contributed by atoms with Crippen LogP contribution in [0.5, 0.6) is 11.5 Å². The average molecular weight is 273 g/mol. The van der Waals surface area contributed by atoms with Crippen molar-refractivity contribution < 1.29 is 9.47 Å². The van der Waals surface area contributed by atoms with Crippen molar-refractivity contribution in [2.24, 2.45) is 12.8 Å². The van der Waals surface area contributed by atoms with Crippen LogP contribution >= 0.6 is 0 Å². The molecule has 1 atom stereocenters. The highest BCUT2D eigenvalue weighted by Crippen LogP contribution is 2.32. The number of rotatable bonds is 4. The van der Waals surface area contributed by atoms with E-state index in [0.29, 0.717) is 13.2 Å². The third-order valence-corrected chi connectivity index (χ3v) is 3.59. The topological polar surface area (TPSA) is 62.3 Å². The molecule has 3 rings (SSSR count). The summed E-state index contributed by atoms with van der Waals surface area (Å²) in [7, 11) is 2.00. The molecule has 2 N–H and O–H groups in total. The molecule has 0 saturated heterocycles. The molecule has 0 fully saturated rings. The smallest absolute Gasteiger partial charge is 0.161 e. The van der Waals surface area contributed by atoms with Gasteiger partial charge in [-0.05, 0) is 24.1 Å². The van der Waals surface area contributed by atoms with Crippen LogP contribution in [0.4, 0.5) is 0 Å². The Kier molecular flexibility index (Phi) is 3.60. The second-order valence-electron chi connectivity index (χ2n) is 5.00. The number of hydrogen-bond donors (Lipinski definition) is 1. The number of ether oxygens (including phenoxy) is 2. The zero-order valence-electron chi connectivity index (χ0n) is 11.6. The first-order chi connectivity index (χ1) is 9.74. The van der Waals surface area contributed by atoms with Gasteiger partial charge in [0.15, 0.2) is 11.5 Å². The molecular weight excluding hydrogens is 254 g/mol. The summed E-state index contributed by atoms with van der Waals surface area (Å²) in [4.78, 5) is 4.31. The van der Waals surface area contributed by atoms with Crippen LogP contribution in [0.15, 0.2) is 30.6 Å². The molecule has 1 aromatic heterocycles. The molecule has 20 heavy (non-hydrogen) atoms. The van der Waals surface area contributed by atoms with Gasteiger partial charge in [-0.15, -0.1) is 0 Å². The van der Waals surface area contributed by atoms with Gasteiger partial charge in [-0.2, -0.15) is 0 Å². The van der Waals surface area contributed by atoms with Crippen molar-refractivity contribution >= 4 is 0 Å². The highest BCUT2D eigenvalue weighted by atomic mass is 16.6. The van der Waals surface area contributed by atoms with Crippen LogP contribution < -0.4 is 15.2 Å². The molecule has 106 valence electrons. The number of fused-ring (bicyclic) bond motifs is 1. The Morgan fingerprint density at radius 3 is 2.85 bits per heavy atom. The molecule has 0 aliphatic carbocycles. The van der Waals surface area contributed by atoms with E-state index in [1.165, 1.54) is 0 Å². The molecule has 0 saturated carbocycles. The van der Waals surface area contributed by atoms with E-state index in [1.54, 1.807) is 0 Å². The maximum atomic E-state index is 6.26. The molecule has 0 spiro atoms. The van der Waals surface area contributed by atoms with Crippen molar-refractivity contribution in [3.63, 3.8) is 0 Å². The first kappa shape index (κ1) is 13.0. The maximum absolute atomic E-state index is 6.26. The summed E-state index contributed by atoms with van der Waals surface area (Å²) >= 11 is 0. The zero-order chi connectivity index (χ0) is 13.9. The van der Waals surface area contributed by atoms with Crippen LogP contribution in [-0.4, -0.2) is 22.8 Å². The van der Waals surface area contributed by atoms with E-state index in [-0.39, 0.29) is 6.04 Å². The Morgan fingerprint density at radius 2 is 2.10 bits per heavy atom. The SMILES string of the molecule is Cn1ccnc1CCC(N)c1ccc2c(c1)OCCO2. The van der Waals surface area contributed by atoms with E-state index in [0.717, 1.165) is 35.7 Å². The second kappa shape index (κ2) is 5.54. The van der Waals surface area contributed by atoms with Crippen LogP contribution in [-0.2, 0) is 13.5 Å². The molecule has 5 heteroatoms. The monoisotopic (exact) mass is 273 g/mol. The van der Waals surface area contributed by atoms with Gasteiger partial charge in [0.1, 0.15) is 19.0 Å². The van der Waals surface area contributed by atoms with Crippen molar-refractivity contribution in [1.82, 2.24) is 9.55 Å². The fourth-order valence-electron chi connectivity index (χ4n) is 2.38. The van der Waals surface area contributed by atoms with E-state index in [2.05, 4.69) is 4.98 Å². The fraction of sp³-hybridized carbons (Fsp3) is 0.400.